The maximum atomic E-state index is 10.3. The zero-order valence-corrected chi connectivity index (χ0v) is 7.56. The highest BCUT2D eigenvalue weighted by Gasteiger charge is 2.15. The van der Waals surface area contributed by atoms with Gasteiger partial charge in [0.05, 0.1) is 6.42 Å². The van der Waals surface area contributed by atoms with E-state index >= 15 is 0 Å². The summed E-state index contributed by atoms with van der Waals surface area (Å²) in [4.78, 5) is 23.3. The van der Waals surface area contributed by atoms with Crippen molar-refractivity contribution in [3.8, 4) is 0 Å². The van der Waals surface area contributed by atoms with Gasteiger partial charge in [-0.2, -0.15) is 0 Å². The Morgan fingerprint density at radius 2 is 2.36 bits per heavy atom. The standard InChI is InChI=1S/C7H5ClN2O4/c8-5-1-4(2-6(11)12)3-9-7(5)10(13)14/h1,3H,2H2,(H,11,12). The molecule has 0 radical (unpaired) electrons. The molecule has 0 aliphatic carbocycles. The molecule has 0 saturated heterocycles. The summed E-state index contributed by atoms with van der Waals surface area (Å²) in [6.07, 6.45) is 0.864. The SMILES string of the molecule is O=C(O)Cc1cnc([N+](=O)[O-])c(Cl)c1. The third kappa shape index (κ3) is 2.40. The van der Waals surface area contributed by atoms with Crippen LogP contribution in [0.3, 0.4) is 0 Å². The predicted octanol–water partition coefficient (Wildman–Crippen LogP) is 1.27. The average molecular weight is 217 g/mol. The van der Waals surface area contributed by atoms with Crippen molar-refractivity contribution in [3.63, 3.8) is 0 Å². The summed E-state index contributed by atoms with van der Waals surface area (Å²) in [7, 11) is 0. The quantitative estimate of drug-likeness (QED) is 0.607. The molecule has 0 aliphatic heterocycles. The van der Waals surface area contributed by atoms with Gasteiger partial charge in [-0.3, -0.25) is 4.79 Å². The van der Waals surface area contributed by atoms with Crippen LogP contribution in [0.4, 0.5) is 5.82 Å². The maximum Gasteiger partial charge on any atom is 0.382 e. The van der Waals surface area contributed by atoms with Crippen LogP contribution < -0.4 is 0 Å². The second-order valence-corrected chi connectivity index (χ2v) is 2.88. The molecule has 0 amide bonds. The first-order valence-corrected chi connectivity index (χ1v) is 3.89. The minimum atomic E-state index is -1.04. The number of aromatic nitrogens is 1. The summed E-state index contributed by atoms with van der Waals surface area (Å²) in [5.41, 5.74) is 0.327. The number of hydrogen-bond acceptors (Lipinski definition) is 4. The first kappa shape index (κ1) is 10.4. The molecule has 1 aromatic rings. The summed E-state index contributed by atoms with van der Waals surface area (Å²) < 4.78 is 0. The molecule has 0 fully saturated rings. The zero-order valence-electron chi connectivity index (χ0n) is 6.81. The minimum Gasteiger partial charge on any atom is -0.481 e. The van der Waals surface area contributed by atoms with Crippen molar-refractivity contribution >= 4 is 23.4 Å². The summed E-state index contributed by atoms with van der Waals surface area (Å²) >= 11 is 5.51. The molecule has 7 heteroatoms. The zero-order chi connectivity index (χ0) is 10.7. The molecule has 1 aromatic heterocycles. The van der Waals surface area contributed by atoms with Crippen LogP contribution in [0.25, 0.3) is 0 Å². The Morgan fingerprint density at radius 3 is 2.79 bits per heavy atom. The Kier molecular flexibility index (Phi) is 2.98. The molecule has 0 aliphatic rings. The van der Waals surface area contributed by atoms with Crippen LogP contribution in [-0.2, 0) is 11.2 Å². The third-order valence-corrected chi connectivity index (χ3v) is 1.68. The molecule has 0 atom stereocenters. The molecular formula is C7H5ClN2O4. The van der Waals surface area contributed by atoms with Crippen molar-refractivity contribution in [1.82, 2.24) is 4.98 Å². The number of pyridine rings is 1. The van der Waals surface area contributed by atoms with Crippen molar-refractivity contribution in [2.45, 2.75) is 6.42 Å². The van der Waals surface area contributed by atoms with Crippen molar-refractivity contribution < 1.29 is 14.8 Å². The van der Waals surface area contributed by atoms with Gasteiger partial charge in [0.25, 0.3) is 0 Å². The van der Waals surface area contributed by atoms with E-state index in [1.165, 1.54) is 6.07 Å². The summed E-state index contributed by atoms with van der Waals surface area (Å²) in [5, 5.41) is 18.6. The molecule has 0 unspecified atom stereocenters. The number of hydrogen-bond donors (Lipinski definition) is 1. The fourth-order valence-corrected chi connectivity index (χ4v) is 1.13. The molecule has 6 nitrogen and oxygen atoms in total. The van der Waals surface area contributed by atoms with Gasteiger partial charge in [0, 0.05) is 5.56 Å². The van der Waals surface area contributed by atoms with E-state index in [1.807, 2.05) is 0 Å². The van der Waals surface area contributed by atoms with E-state index in [2.05, 4.69) is 4.98 Å². The molecule has 0 aromatic carbocycles. The molecule has 1 N–H and O–H groups in total. The Hall–Kier alpha value is -1.69. The van der Waals surface area contributed by atoms with Crippen molar-refractivity contribution in [2.75, 3.05) is 0 Å². The van der Waals surface area contributed by atoms with Crippen LogP contribution in [0.5, 0.6) is 0 Å². The minimum absolute atomic E-state index is 0.159. The van der Waals surface area contributed by atoms with Gasteiger partial charge >= 0.3 is 11.8 Å². The predicted molar refractivity (Wildman–Crippen MR) is 47.2 cm³/mol. The van der Waals surface area contributed by atoms with Gasteiger partial charge in [-0.25, -0.2) is 0 Å². The highest BCUT2D eigenvalue weighted by atomic mass is 35.5. The van der Waals surface area contributed by atoms with Crippen LogP contribution in [0, 0.1) is 10.1 Å². The molecule has 1 heterocycles. The molecule has 14 heavy (non-hydrogen) atoms. The van der Waals surface area contributed by atoms with E-state index in [9.17, 15) is 14.9 Å². The number of nitro groups is 1. The van der Waals surface area contributed by atoms with Crippen LogP contribution in [0.15, 0.2) is 12.3 Å². The molecule has 1 rings (SSSR count). The van der Waals surface area contributed by atoms with Crippen molar-refractivity contribution in [1.29, 1.82) is 0 Å². The monoisotopic (exact) mass is 216 g/mol. The first-order valence-electron chi connectivity index (χ1n) is 3.51. The molecule has 0 saturated carbocycles. The lowest BCUT2D eigenvalue weighted by molar-refractivity contribution is -0.389. The first-order chi connectivity index (χ1) is 6.50. The molecule has 0 bridgehead atoms. The van der Waals surface area contributed by atoms with Gasteiger partial charge in [0.1, 0.15) is 11.2 Å². The van der Waals surface area contributed by atoms with E-state index in [0.717, 1.165) is 6.20 Å². The molecular weight excluding hydrogens is 212 g/mol. The lowest BCUT2D eigenvalue weighted by Crippen LogP contribution is -2.01. The van der Waals surface area contributed by atoms with Gasteiger partial charge in [0.2, 0.25) is 0 Å². The normalized spacial score (nSPS) is 9.79. The largest absolute Gasteiger partial charge is 0.481 e. The fourth-order valence-electron chi connectivity index (χ4n) is 0.876. The highest BCUT2D eigenvalue weighted by Crippen LogP contribution is 2.21. The number of aliphatic carboxylic acids is 1. The Bertz CT molecular complexity index is 393. The second-order valence-electron chi connectivity index (χ2n) is 2.48. The summed E-state index contributed by atoms with van der Waals surface area (Å²) in [6.45, 7) is 0. The number of rotatable bonds is 3. The number of halogens is 1. The number of carboxylic acids is 1. The van der Waals surface area contributed by atoms with Crippen LogP contribution in [0.1, 0.15) is 5.56 Å². The number of nitrogens with zero attached hydrogens (tertiary/aromatic N) is 2. The van der Waals surface area contributed by atoms with Crippen molar-refractivity contribution in [3.05, 3.63) is 33.0 Å². The fraction of sp³-hybridized carbons (Fsp3) is 0.143. The average Bonchev–Trinajstić information content (AvgIpc) is 2.01. The van der Waals surface area contributed by atoms with Gasteiger partial charge in [-0.05, 0) is 16.0 Å². The van der Waals surface area contributed by atoms with Crippen molar-refractivity contribution in [2.24, 2.45) is 0 Å². The van der Waals surface area contributed by atoms with Gasteiger partial charge < -0.3 is 15.2 Å². The number of carboxylic acid groups (broad SMARTS) is 1. The van der Waals surface area contributed by atoms with Crippen LogP contribution in [-0.4, -0.2) is 21.0 Å². The smallest absolute Gasteiger partial charge is 0.382 e. The van der Waals surface area contributed by atoms with E-state index in [0.29, 0.717) is 5.56 Å². The van der Waals surface area contributed by atoms with Crippen LogP contribution in [0.2, 0.25) is 5.02 Å². The van der Waals surface area contributed by atoms with Gasteiger partial charge in [-0.15, -0.1) is 0 Å². The van der Waals surface area contributed by atoms with E-state index in [1.54, 1.807) is 0 Å². The van der Waals surface area contributed by atoms with E-state index < -0.39 is 16.7 Å². The molecule has 74 valence electrons. The highest BCUT2D eigenvalue weighted by molar-refractivity contribution is 6.32. The summed E-state index contributed by atoms with van der Waals surface area (Å²) in [6, 6.07) is 1.22. The van der Waals surface area contributed by atoms with E-state index in [-0.39, 0.29) is 11.4 Å². The topological polar surface area (TPSA) is 93.3 Å². The van der Waals surface area contributed by atoms with Crippen LogP contribution >= 0.6 is 11.6 Å². The summed E-state index contributed by atoms with van der Waals surface area (Å²) in [5.74, 6) is -1.52. The Morgan fingerprint density at radius 1 is 1.71 bits per heavy atom. The maximum absolute atomic E-state index is 10.3. The van der Waals surface area contributed by atoms with E-state index in [4.69, 9.17) is 16.7 Å². The second kappa shape index (κ2) is 4.01. The Labute approximate surface area is 83.3 Å². The number of carbonyl (C=O) groups is 1. The Balaban J connectivity index is 3.00. The lowest BCUT2D eigenvalue weighted by Gasteiger charge is -1.96. The van der Waals surface area contributed by atoms with Gasteiger partial charge in [0.15, 0.2) is 0 Å². The van der Waals surface area contributed by atoms with Gasteiger partial charge in [-0.1, -0.05) is 11.6 Å². The third-order valence-electron chi connectivity index (χ3n) is 1.41. The molecule has 0 spiro atoms. The lowest BCUT2D eigenvalue weighted by atomic mass is 10.2.